The monoisotopic (exact) mass is 280 g/mol. The molecule has 1 rings (SSSR count). The molecule has 0 aliphatic rings. The van der Waals surface area contributed by atoms with Crippen molar-refractivity contribution in [2.45, 2.75) is 26.0 Å². The van der Waals surface area contributed by atoms with E-state index in [1.54, 1.807) is 13.1 Å². The van der Waals surface area contributed by atoms with Gasteiger partial charge in [0, 0.05) is 32.4 Å². The molecule has 112 valence electrons. The van der Waals surface area contributed by atoms with Crippen LogP contribution in [0.1, 0.15) is 24.2 Å². The lowest BCUT2D eigenvalue weighted by atomic mass is 10.1. The Morgan fingerprint density at radius 1 is 1.40 bits per heavy atom. The number of methoxy groups -OCH3 is 1. The topological polar surface area (TPSA) is 61.8 Å². The third-order valence-electron chi connectivity index (χ3n) is 2.79. The van der Waals surface area contributed by atoms with Crippen LogP contribution in [-0.4, -0.2) is 55.4 Å². The summed E-state index contributed by atoms with van der Waals surface area (Å²) in [7, 11) is 3.19. The largest absolute Gasteiger partial charge is 0.389 e. The molecule has 0 saturated carbocycles. The van der Waals surface area contributed by atoms with Gasteiger partial charge in [-0.1, -0.05) is 12.1 Å². The first-order valence-corrected chi connectivity index (χ1v) is 6.73. The Kier molecular flexibility index (Phi) is 6.48. The first kappa shape index (κ1) is 16.5. The Labute approximate surface area is 120 Å². The molecule has 20 heavy (non-hydrogen) atoms. The molecule has 1 aromatic carbocycles. The minimum atomic E-state index is -0.681. The molecule has 5 nitrogen and oxygen atoms in total. The van der Waals surface area contributed by atoms with Crippen molar-refractivity contribution in [1.29, 1.82) is 0 Å². The molecule has 1 atom stereocenters. The summed E-state index contributed by atoms with van der Waals surface area (Å²) in [5.41, 5.74) is 1.41. The summed E-state index contributed by atoms with van der Waals surface area (Å²) in [4.78, 5) is 13.9. The van der Waals surface area contributed by atoms with E-state index < -0.39 is 6.10 Å². The van der Waals surface area contributed by atoms with E-state index in [9.17, 15) is 9.90 Å². The van der Waals surface area contributed by atoms with E-state index in [2.05, 4.69) is 5.32 Å². The molecule has 0 spiro atoms. The number of benzene rings is 1. The Hall–Kier alpha value is -1.59. The van der Waals surface area contributed by atoms with E-state index >= 15 is 0 Å². The lowest BCUT2D eigenvalue weighted by Gasteiger charge is -2.22. The molecule has 0 aliphatic carbocycles. The second kappa shape index (κ2) is 7.87. The number of hydrogen-bond acceptors (Lipinski definition) is 4. The van der Waals surface area contributed by atoms with E-state index in [0.717, 1.165) is 5.69 Å². The number of nitrogens with zero attached hydrogens (tertiary/aromatic N) is 1. The van der Waals surface area contributed by atoms with Crippen molar-refractivity contribution in [2.24, 2.45) is 0 Å². The average molecular weight is 280 g/mol. The molecule has 1 aromatic rings. The quantitative estimate of drug-likeness (QED) is 0.796. The lowest BCUT2D eigenvalue weighted by molar-refractivity contribution is 0.0380. The number of carbonyl (C=O) groups excluding carboxylic acids is 1. The lowest BCUT2D eigenvalue weighted by Crippen LogP contribution is -2.36. The summed E-state index contributed by atoms with van der Waals surface area (Å²) in [5, 5.41) is 12.9. The molecule has 5 heteroatoms. The van der Waals surface area contributed by atoms with E-state index in [1.165, 1.54) is 12.0 Å². The molecule has 0 aromatic heterocycles. The minimum absolute atomic E-state index is 0.121. The van der Waals surface area contributed by atoms with Crippen LogP contribution in [0.2, 0.25) is 0 Å². The van der Waals surface area contributed by atoms with Gasteiger partial charge in [-0.15, -0.1) is 0 Å². The van der Waals surface area contributed by atoms with Crippen LogP contribution < -0.4 is 5.32 Å². The summed E-state index contributed by atoms with van der Waals surface area (Å²) >= 11 is 0. The number of carbonyl (C=O) groups is 1. The normalized spacial score (nSPS) is 12.3. The summed E-state index contributed by atoms with van der Waals surface area (Å²) in [6.45, 7) is 4.49. The summed E-state index contributed by atoms with van der Waals surface area (Å²) < 4.78 is 4.87. The highest BCUT2D eigenvalue weighted by atomic mass is 16.5. The van der Waals surface area contributed by atoms with Crippen LogP contribution in [0.25, 0.3) is 0 Å². The van der Waals surface area contributed by atoms with Crippen LogP contribution in [0.3, 0.4) is 0 Å². The van der Waals surface area contributed by atoms with Gasteiger partial charge in [-0.3, -0.25) is 4.79 Å². The van der Waals surface area contributed by atoms with Gasteiger partial charge in [-0.25, -0.2) is 0 Å². The Morgan fingerprint density at radius 3 is 2.65 bits per heavy atom. The summed E-state index contributed by atoms with van der Waals surface area (Å²) in [6.07, 6.45) is -0.681. The van der Waals surface area contributed by atoms with E-state index in [1.807, 2.05) is 32.0 Å². The Bertz CT molecular complexity index is 435. The number of amides is 1. The molecule has 1 amide bonds. The van der Waals surface area contributed by atoms with Gasteiger partial charge in [-0.2, -0.15) is 0 Å². The third-order valence-corrected chi connectivity index (χ3v) is 2.79. The van der Waals surface area contributed by atoms with Crippen molar-refractivity contribution in [1.82, 2.24) is 4.90 Å². The van der Waals surface area contributed by atoms with Crippen LogP contribution in [0.5, 0.6) is 0 Å². The van der Waals surface area contributed by atoms with Gasteiger partial charge >= 0.3 is 0 Å². The summed E-state index contributed by atoms with van der Waals surface area (Å²) in [5.74, 6) is -0.121. The van der Waals surface area contributed by atoms with Crippen molar-refractivity contribution in [3.63, 3.8) is 0 Å². The Balaban J connectivity index is 2.80. The van der Waals surface area contributed by atoms with Crippen molar-refractivity contribution in [2.75, 3.05) is 32.6 Å². The van der Waals surface area contributed by atoms with E-state index in [-0.39, 0.29) is 25.1 Å². The minimum Gasteiger partial charge on any atom is -0.389 e. The highest BCUT2D eigenvalue weighted by Gasteiger charge is 2.18. The zero-order valence-corrected chi connectivity index (χ0v) is 12.6. The van der Waals surface area contributed by atoms with Gasteiger partial charge in [0.15, 0.2) is 0 Å². The van der Waals surface area contributed by atoms with Crippen LogP contribution >= 0.6 is 0 Å². The number of likely N-dealkylation sites (N-methyl/N-ethyl adjacent to an activating group) is 1. The first-order valence-electron chi connectivity index (χ1n) is 6.73. The third kappa shape index (κ3) is 4.83. The van der Waals surface area contributed by atoms with Crippen molar-refractivity contribution < 1.29 is 14.6 Å². The van der Waals surface area contributed by atoms with Gasteiger partial charge in [0.2, 0.25) is 0 Å². The molecule has 0 fully saturated rings. The fourth-order valence-corrected chi connectivity index (χ4v) is 1.96. The van der Waals surface area contributed by atoms with Crippen molar-refractivity contribution in [3.05, 3.63) is 29.8 Å². The zero-order chi connectivity index (χ0) is 15.1. The second-order valence-electron chi connectivity index (χ2n) is 5.14. The van der Waals surface area contributed by atoms with Crippen LogP contribution in [-0.2, 0) is 4.74 Å². The SMILES string of the molecule is COCC(O)CN(C)C(=O)c1ccccc1NC(C)C. The number of rotatable bonds is 7. The van der Waals surface area contributed by atoms with E-state index in [0.29, 0.717) is 5.56 Å². The fourth-order valence-electron chi connectivity index (χ4n) is 1.96. The number of para-hydroxylation sites is 1. The molecule has 0 bridgehead atoms. The van der Waals surface area contributed by atoms with E-state index in [4.69, 9.17) is 4.74 Å². The predicted molar refractivity (Wildman–Crippen MR) is 80.0 cm³/mol. The van der Waals surface area contributed by atoms with Gasteiger partial charge < -0.3 is 20.1 Å². The fraction of sp³-hybridized carbons (Fsp3) is 0.533. The number of hydrogen-bond donors (Lipinski definition) is 2. The predicted octanol–water partition coefficient (Wildman–Crippen LogP) is 1.59. The number of nitrogens with one attached hydrogen (secondary N) is 1. The van der Waals surface area contributed by atoms with Gasteiger partial charge in [-0.05, 0) is 26.0 Å². The summed E-state index contributed by atoms with van der Waals surface area (Å²) in [6, 6.07) is 7.63. The number of anilines is 1. The van der Waals surface area contributed by atoms with Gasteiger partial charge in [0.1, 0.15) is 0 Å². The highest BCUT2D eigenvalue weighted by molar-refractivity contribution is 5.99. The van der Waals surface area contributed by atoms with Gasteiger partial charge in [0.05, 0.1) is 18.3 Å². The van der Waals surface area contributed by atoms with Crippen molar-refractivity contribution in [3.8, 4) is 0 Å². The maximum Gasteiger partial charge on any atom is 0.255 e. The number of ether oxygens (including phenoxy) is 1. The number of aliphatic hydroxyl groups excluding tert-OH is 1. The smallest absolute Gasteiger partial charge is 0.255 e. The van der Waals surface area contributed by atoms with Crippen molar-refractivity contribution >= 4 is 11.6 Å². The molecule has 0 saturated heterocycles. The number of aliphatic hydroxyl groups is 1. The first-order chi connectivity index (χ1) is 9.45. The van der Waals surface area contributed by atoms with Crippen LogP contribution in [0.4, 0.5) is 5.69 Å². The molecular formula is C15H24N2O3. The van der Waals surface area contributed by atoms with Gasteiger partial charge in [0.25, 0.3) is 5.91 Å². The second-order valence-corrected chi connectivity index (χ2v) is 5.14. The average Bonchev–Trinajstić information content (AvgIpc) is 2.38. The molecule has 2 N–H and O–H groups in total. The maximum absolute atomic E-state index is 12.4. The van der Waals surface area contributed by atoms with Crippen LogP contribution in [0, 0.1) is 0 Å². The maximum atomic E-state index is 12.4. The standard InChI is InChI=1S/C15H24N2O3/c1-11(2)16-14-8-6-5-7-13(14)15(19)17(3)9-12(18)10-20-4/h5-8,11-12,16,18H,9-10H2,1-4H3. The molecule has 1 unspecified atom stereocenters. The zero-order valence-electron chi connectivity index (χ0n) is 12.6. The van der Waals surface area contributed by atoms with Crippen LogP contribution in [0.15, 0.2) is 24.3 Å². The molecule has 0 heterocycles. The molecule has 0 radical (unpaired) electrons. The molecule has 0 aliphatic heterocycles. The Morgan fingerprint density at radius 2 is 2.05 bits per heavy atom. The highest BCUT2D eigenvalue weighted by Crippen LogP contribution is 2.18. The molecular weight excluding hydrogens is 256 g/mol.